The van der Waals surface area contributed by atoms with Gasteiger partial charge in [-0.1, -0.05) is 66.2 Å². The van der Waals surface area contributed by atoms with Crippen molar-refractivity contribution >= 4 is 11.6 Å². The van der Waals surface area contributed by atoms with E-state index < -0.39 is 5.60 Å². The lowest BCUT2D eigenvalue weighted by Gasteiger charge is -2.23. The molecular formula is C26H22N2O3. The van der Waals surface area contributed by atoms with Gasteiger partial charge >= 0.3 is 0 Å². The van der Waals surface area contributed by atoms with Crippen LogP contribution in [0.25, 0.3) is 11.5 Å². The number of aliphatic hydroxyl groups is 1. The molecule has 1 atom stereocenters. The molecule has 0 saturated carbocycles. The summed E-state index contributed by atoms with van der Waals surface area (Å²) >= 11 is 0. The molecule has 1 aliphatic heterocycles. The molecule has 0 spiro atoms. The van der Waals surface area contributed by atoms with Crippen LogP contribution in [-0.4, -0.2) is 16.0 Å². The number of hydrogen-bond donors (Lipinski definition) is 1. The fourth-order valence-corrected chi connectivity index (χ4v) is 4.09. The lowest BCUT2D eigenvalue weighted by molar-refractivity contribution is -0.132. The van der Waals surface area contributed by atoms with E-state index in [1.807, 2.05) is 74.5 Å². The predicted molar refractivity (Wildman–Crippen MR) is 118 cm³/mol. The molecule has 4 aromatic rings. The number of para-hydroxylation sites is 1. The highest BCUT2D eigenvalue weighted by molar-refractivity contribution is 6.09. The Balaban J connectivity index is 1.53. The third-order valence-corrected chi connectivity index (χ3v) is 5.83. The summed E-state index contributed by atoms with van der Waals surface area (Å²) in [4.78, 5) is 19.8. The molecule has 154 valence electrons. The monoisotopic (exact) mass is 410 g/mol. The van der Waals surface area contributed by atoms with Gasteiger partial charge < -0.3 is 14.4 Å². The second-order valence-corrected chi connectivity index (χ2v) is 7.87. The van der Waals surface area contributed by atoms with Crippen molar-refractivity contribution in [2.45, 2.75) is 26.0 Å². The van der Waals surface area contributed by atoms with Crippen LogP contribution in [0, 0.1) is 13.8 Å². The number of fused-ring (bicyclic) bond motifs is 1. The molecule has 1 aromatic heterocycles. The number of hydrogen-bond acceptors (Lipinski definition) is 4. The zero-order valence-electron chi connectivity index (χ0n) is 17.4. The third kappa shape index (κ3) is 3.05. The molecule has 1 aliphatic rings. The van der Waals surface area contributed by atoms with E-state index in [-0.39, 0.29) is 12.5 Å². The van der Waals surface area contributed by atoms with Crippen molar-refractivity contribution in [3.63, 3.8) is 0 Å². The minimum absolute atomic E-state index is 0.214. The first kappa shape index (κ1) is 19.3. The number of amides is 1. The summed E-state index contributed by atoms with van der Waals surface area (Å²) in [5, 5.41) is 11.6. The Morgan fingerprint density at radius 2 is 1.61 bits per heavy atom. The van der Waals surface area contributed by atoms with Gasteiger partial charge in [-0.2, -0.15) is 0 Å². The van der Waals surface area contributed by atoms with Gasteiger partial charge in [-0.3, -0.25) is 4.79 Å². The maximum Gasteiger partial charge on any atom is 0.268 e. The minimum atomic E-state index is -1.73. The smallest absolute Gasteiger partial charge is 0.268 e. The van der Waals surface area contributed by atoms with Crippen molar-refractivity contribution < 1.29 is 14.3 Å². The number of carbonyl (C=O) groups is 1. The Morgan fingerprint density at radius 1 is 0.935 bits per heavy atom. The molecule has 5 nitrogen and oxygen atoms in total. The number of benzene rings is 3. The average Bonchev–Trinajstić information content (AvgIpc) is 3.27. The molecule has 3 aromatic carbocycles. The predicted octanol–water partition coefficient (Wildman–Crippen LogP) is 4.74. The fourth-order valence-electron chi connectivity index (χ4n) is 4.09. The van der Waals surface area contributed by atoms with Crippen LogP contribution in [0.2, 0.25) is 0 Å². The quantitative estimate of drug-likeness (QED) is 0.528. The van der Waals surface area contributed by atoms with Gasteiger partial charge in [0.2, 0.25) is 5.89 Å². The Kier molecular flexibility index (Phi) is 4.49. The molecule has 0 saturated heterocycles. The first-order valence-electron chi connectivity index (χ1n) is 10.2. The van der Waals surface area contributed by atoms with Crippen LogP contribution in [-0.2, 0) is 16.9 Å². The second kappa shape index (κ2) is 7.22. The Morgan fingerprint density at radius 3 is 2.35 bits per heavy atom. The van der Waals surface area contributed by atoms with Gasteiger partial charge in [0.25, 0.3) is 5.91 Å². The summed E-state index contributed by atoms with van der Waals surface area (Å²) in [7, 11) is 0. The molecule has 2 heterocycles. The summed E-state index contributed by atoms with van der Waals surface area (Å²) in [5.41, 5.74) is 2.78. The lowest BCUT2D eigenvalue weighted by Crippen LogP contribution is -2.41. The molecule has 31 heavy (non-hydrogen) atoms. The van der Waals surface area contributed by atoms with Gasteiger partial charge in [-0.25, -0.2) is 4.98 Å². The number of nitrogens with zero attached hydrogens (tertiary/aromatic N) is 2. The van der Waals surface area contributed by atoms with Crippen molar-refractivity contribution in [3.8, 4) is 11.5 Å². The maximum atomic E-state index is 13.5. The van der Waals surface area contributed by atoms with Crippen LogP contribution in [0.4, 0.5) is 5.69 Å². The number of anilines is 1. The van der Waals surface area contributed by atoms with E-state index >= 15 is 0 Å². The van der Waals surface area contributed by atoms with E-state index in [1.165, 1.54) is 0 Å². The first-order chi connectivity index (χ1) is 15.0. The molecule has 1 amide bonds. The zero-order chi connectivity index (χ0) is 21.6. The van der Waals surface area contributed by atoms with Crippen LogP contribution in [0.15, 0.2) is 83.3 Å². The molecule has 1 N–H and O–H groups in total. The number of aryl methyl sites for hydroxylation is 2. The number of oxazole rings is 1. The molecular weight excluding hydrogens is 388 g/mol. The highest BCUT2D eigenvalue weighted by Crippen LogP contribution is 2.45. The van der Waals surface area contributed by atoms with E-state index in [9.17, 15) is 9.90 Å². The van der Waals surface area contributed by atoms with Crippen LogP contribution in [0.3, 0.4) is 0 Å². The normalized spacial score (nSPS) is 17.8. The molecule has 0 bridgehead atoms. The molecule has 0 fully saturated rings. The molecule has 5 heteroatoms. The van der Waals surface area contributed by atoms with Gasteiger partial charge in [0.1, 0.15) is 11.5 Å². The highest BCUT2D eigenvalue weighted by Gasteiger charge is 2.51. The molecule has 1 unspecified atom stereocenters. The van der Waals surface area contributed by atoms with E-state index in [4.69, 9.17) is 4.42 Å². The fraction of sp³-hybridized carbons (Fsp3) is 0.154. The first-order valence-corrected chi connectivity index (χ1v) is 10.2. The standard InChI is InChI=1S/C26H22N2O3/c1-17-12-14-19(15-13-17)24-27-22(18(2)31-24)16-28-23-11-7-6-10-21(23)26(30,25(28)29)20-8-4-3-5-9-20/h3-15,30H,16H2,1-2H3. The van der Waals surface area contributed by atoms with Crippen molar-refractivity contribution in [2.24, 2.45) is 0 Å². The van der Waals surface area contributed by atoms with E-state index in [0.717, 1.165) is 11.1 Å². The lowest BCUT2D eigenvalue weighted by atomic mass is 9.88. The maximum absolute atomic E-state index is 13.5. The zero-order valence-corrected chi connectivity index (χ0v) is 17.4. The number of rotatable bonds is 4. The highest BCUT2D eigenvalue weighted by atomic mass is 16.4. The Hall–Kier alpha value is -3.70. The Labute approximate surface area is 180 Å². The van der Waals surface area contributed by atoms with Crippen molar-refractivity contribution in [1.29, 1.82) is 0 Å². The summed E-state index contributed by atoms with van der Waals surface area (Å²) in [6, 6.07) is 24.4. The summed E-state index contributed by atoms with van der Waals surface area (Å²) in [5.74, 6) is 0.779. The van der Waals surface area contributed by atoms with Gasteiger partial charge in [-0.05, 0) is 37.6 Å². The molecule has 0 aliphatic carbocycles. The minimum Gasteiger partial charge on any atom is -0.441 e. The SMILES string of the molecule is Cc1ccc(-c2nc(CN3C(=O)C(O)(c4ccccc4)c4ccccc43)c(C)o2)cc1. The van der Waals surface area contributed by atoms with Gasteiger partial charge in [0.05, 0.1) is 12.2 Å². The van der Waals surface area contributed by atoms with Crippen LogP contribution >= 0.6 is 0 Å². The van der Waals surface area contributed by atoms with Crippen molar-refractivity contribution in [1.82, 2.24) is 4.98 Å². The Bertz CT molecular complexity index is 1260. The van der Waals surface area contributed by atoms with Crippen LogP contribution in [0.5, 0.6) is 0 Å². The third-order valence-electron chi connectivity index (χ3n) is 5.83. The van der Waals surface area contributed by atoms with Gasteiger partial charge in [-0.15, -0.1) is 0 Å². The van der Waals surface area contributed by atoms with Crippen molar-refractivity contribution in [3.05, 3.63) is 107 Å². The topological polar surface area (TPSA) is 66.6 Å². The molecule has 0 radical (unpaired) electrons. The number of carbonyl (C=O) groups excluding carboxylic acids is 1. The van der Waals surface area contributed by atoms with E-state index in [0.29, 0.717) is 34.2 Å². The van der Waals surface area contributed by atoms with E-state index in [1.54, 1.807) is 23.1 Å². The number of aromatic nitrogens is 1. The van der Waals surface area contributed by atoms with Gasteiger partial charge in [0.15, 0.2) is 5.60 Å². The molecule has 5 rings (SSSR count). The van der Waals surface area contributed by atoms with Crippen molar-refractivity contribution in [2.75, 3.05) is 4.90 Å². The second-order valence-electron chi connectivity index (χ2n) is 7.87. The summed E-state index contributed by atoms with van der Waals surface area (Å²) < 4.78 is 5.90. The van der Waals surface area contributed by atoms with Gasteiger partial charge in [0, 0.05) is 11.1 Å². The van der Waals surface area contributed by atoms with Crippen LogP contribution in [0.1, 0.15) is 28.1 Å². The summed E-state index contributed by atoms with van der Waals surface area (Å²) in [6.45, 7) is 4.09. The average molecular weight is 410 g/mol. The largest absolute Gasteiger partial charge is 0.441 e. The van der Waals surface area contributed by atoms with Crippen LogP contribution < -0.4 is 4.90 Å². The summed E-state index contributed by atoms with van der Waals surface area (Å²) in [6.07, 6.45) is 0. The van der Waals surface area contributed by atoms with E-state index in [2.05, 4.69) is 4.98 Å².